The molecule has 4 nitrogen and oxygen atoms in total. The first-order chi connectivity index (χ1) is 12.1. The van der Waals surface area contributed by atoms with E-state index in [1.165, 1.54) is 18.3 Å². The number of nitriles is 1. The topological polar surface area (TPSA) is 68.9 Å². The molecule has 0 amide bonds. The van der Waals surface area contributed by atoms with Crippen molar-refractivity contribution in [1.82, 2.24) is 4.98 Å². The van der Waals surface area contributed by atoms with Crippen LogP contribution in [0.1, 0.15) is 22.3 Å². The van der Waals surface area contributed by atoms with Gasteiger partial charge in [-0.25, -0.2) is 4.39 Å². The molecule has 0 aliphatic rings. The lowest BCUT2D eigenvalue weighted by atomic mass is 10.1. The number of benzene rings is 2. The molecule has 0 fully saturated rings. The van der Waals surface area contributed by atoms with E-state index in [9.17, 15) is 9.65 Å². The molecule has 2 N–H and O–H groups in total. The second-order valence-electron chi connectivity index (χ2n) is 5.93. The van der Waals surface area contributed by atoms with Gasteiger partial charge in [0.1, 0.15) is 11.9 Å². The number of aromatic nitrogens is 1. The molecule has 0 spiro atoms. The molecule has 3 aromatic rings. The number of hydrogen-bond donors (Lipinski definition) is 2. The van der Waals surface area contributed by atoms with Crippen LogP contribution < -0.4 is 5.32 Å². The van der Waals surface area contributed by atoms with Crippen molar-refractivity contribution in [2.45, 2.75) is 20.0 Å². The fraction of sp³-hybridized carbons (Fsp3) is 0.200. The van der Waals surface area contributed by atoms with Gasteiger partial charge in [0.05, 0.1) is 23.4 Å². The Hall–Kier alpha value is -2.97. The van der Waals surface area contributed by atoms with Gasteiger partial charge >= 0.3 is 0 Å². The van der Waals surface area contributed by atoms with Crippen molar-refractivity contribution in [3.8, 4) is 6.07 Å². The zero-order valence-corrected chi connectivity index (χ0v) is 13.9. The number of anilines is 1. The number of aliphatic hydroxyl groups excluding tert-OH is 1. The smallest absolute Gasteiger partial charge is 0.124 e. The highest BCUT2D eigenvalue weighted by molar-refractivity contribution is 5.95. The maximum absolute atomic E-state index is 13.8. The minimum Gasteiger partial charge on any atom is -0.392 e. The van der Waals surface area contributed by atoms with Crippen LogP contribution in [0.15, 0.2) is 42.6 Å². The molecule has 0 aliphatic heterocycles. The van der Waals surface area contributed by atoms with Gasteiger partial charge in [-0.05, 0) is 42.2 Å². The maximum Gasteiger partial charge on any atom is 0.124 e. The summed E-state index contributed by atoms with van der Waals surface area (Å²) in [7, 11) is 0. The Labute approximate surface area is 145 Å². The number of hydrogen-bond acceptors (Lipinski definition) is 4. The van der Waals surface area contributed by atoms with E-state index in [0.29, 0.717) is 28.7 Å². The number of aryl methyl sites for hydroxylation is 1. The Balaban J connectivity index is 1.85. The molecule has 0 unspecified atom stereocenters. The third-order valence-corrected chi connectivity index (χ3v) is 4.17. The largest absolute Gasteiger partial charge is 0.392 e. The summed E-state index contributed by atoms with van der Waals surface area (Å²) >= 11 is 0. The summed E-state index contributed by atoms with van der Waals surface area (Å²) in [5, 5.41) is 22.3. The SMILES string of the molecule is Cc1cc(F)cc2c(NCCc3ccc(CO)cc3)c(C#N)cnc12. The lowest BCUT2D eigenvalue weighted by Crippen LogP contribution is -2.08. The minimum absolute atomic E-state index is 0.0258. The highest BCUT2D eigenvalue weighted by Gasteiger charge is 2.11. The molecule has 0 atom stereocenters. The van der Waals surface area contributed by atoms with Crippen LogP contribution in [-0.2, 0) is 13.0 Å². The van der Waals surface area contributed by atoms with Gasteiger partial charge in [0.15, 0.2) is 0 Å². The van der Waals surface area contributed by atoms with Crippen LogP contribution in [0.5, 0.6) is 0 Å². The number of pyridine rings is 1. The zero-order chi connectivity index (χ0) is 17.8. The van der Waals surface area contributed by atoms with E-state index in [0.717, 1.165) is 23.1 Å². The number of aliphatic hydroxyl groups is 1. The van der Waals surface area contributed by atoms with Crippen molar-refractivity contribution in [2.24, 2.45) is 0 Å². The van der Waals surface area contributed by atoms with Crippen molar-refractivity contribution in [3.63, 3.8) is 0 Å². The molecule has 5 heteroatoms. The number of fused-ring (bicyclic) bond motifs is 1. The van der Waals surface area contributed by atoms with Crippen molar-refractivity contribution in [2.75, 3.05) is 11.9 Å². The molecule has 3 rings (SSSR count). The lowest BCUT2D eigenvalue weighted by Gasteiger charge is -2.13. The monoisotopic (exact) mass is 335 g/mol. The van der Waals surface area contributed by atoms with Crippen LogP contribution in [0, 0.1) is 24.1 Å². The van der Waals surface area contributed by atoms with Crippen LogP contribution in [0.4, 0.5) is 10.1 Å². The number of halogens is 1. The third-order valence-electron chi connectivity index (χ3n) is 4.17. The molecule has 126 valence electrons. The Morgan fingerprint density at radius 2 is 1.92 bits per heavy atom. The summed E-state index contributed by atoms with van der Waals surface area (Å²) < 4.78 is 13.8. The van der Waals surface area contributed by atoms with Crippen LogP contribution >= 0.6 is 0 Å². The van der Waals surface area contributed by atoms with E-state index in [4.69, 9.17) is 5.11 Å². The van der Waals surface area contributed by atoms with E-state index >= 15 is 0 Å². The first-order valence-corrected chi connectivity index (χ1v) is 8.04. The molecule has 1 heterocycles. The average Bonchev–Trinajstić information content (AvgIpc) is 2.62. The summed E-state index contributed by atoms with van der Waals surface area (Å²) in [4.78, 5) is 4.29. The van der Waals surface area contributed by atoms with Gasteiger partial charge < -0.3 is 10.4 Å². The molecular formula is C20H18FN3O. The fourth-order valence-electron chi connectivity index (χ4n) is 2.85. The Bertz CT molecular complexity index is 946. The number of nitrogens with one attached hydrogen (secondary N) is 1. The Morgan fingerprint density at radius 3 is 2.60 bits per heavy atom. The van der Waals surface area contributed by atoms with Crippen molar-refractivity contribution in [1.29, 1.82) is 5.26 Å². The summed E-state index contributed by atoms with van der Waals surface area (Å²) in [5.74, 6) is -0.343. The predicted molar refractivity (Wildman–Crippen MR) is 95.7 cm³/mol. The van der Waals surface area contributed by atoms with Gasteiger partial charge in [0, 0.05) is 18.1 Å². The molecule has 0 saturated heterocycles. The highest BCUT2D eigenvalue weighted by atomic mass is 19.1. The second-order valence-corrected chi connectivity index (χ2v) is 5.93. The fourth-order valence-corrected chi connectivity index (χ4v) is 2.85. The Morgan fingerprint density at radius 1 is 1.20 bits per heavy atom. The van der Waals surface area contributed by atoms with E-state index < -0.39 is 0 Å². The Kier molecular flexibility index (Phi) is 4.92. The number of nitrogens with zero attached hydrogens (tertiary/aromatic N) is 2. The lowest BCUT2D eigenvalue weighted by molar-refractivity contribution is 0.282. The van der Waals surface area contributed by atoms with E-state index in [-0.39, 0.29) is 12.4 Å². The molecule has 2 aromatic carbocycles. The van der Waals surface area contributed by atoms with Gasteiger partial charge in [-0.3, -0.25) is 4.98 Å². The van der Waals surface area contributed by atoms with E-state index in [1.807, 2.05) is 24.3 Å². The molecule has 25 heavy (non-hydrogen) atoms. The van der Waals surface area contributed by atoms with E-state index in [1.54, 1.807) is 6.92 Å². The summed E-state index contributed by atoms with van der Waals surface area (Å²) in [6.45, 7) is 2.43. The van der Waals surface area contributed by atoms with Crippen LogP contribution in [0.3, 0.4) is 0 Å². The number of rotatable bonds is 5. The normalized spacial score (nSPS) is 10.6. The van der Waals surface area contributed by atoms with Crippen molar-refractivity contribution < 1.29 is 9.50 Å². The van der Waals surface area contributed by atoms with Gasteiger partial charge in [0.25, 0.3) is 0 Å². The van der Waals surface area contributed by atoms with Gasteiger partial charge in [-0.2, -0.15) is 5.26 Å². The van der Waals surface area contributed by atoms with Gasteiger partial charge in [-0.1, -0.05) is 24.3 Å². The summed E-state index contributed by atoms with van der Waals surface area (Å²) in [6, 6.07) is 12.7. The van der Waals surface area contributed by atoms with Gasteiger partial charge in [-0.15, -0.1) is 0 Å². The molecule has 0 saturated carbocycles. The standard InChI is InChI=1S/C20H18FN3O/c1-13-8-17(21)9-18-19(13)24-11-16(10-22)20(18)23-7-6-14-2-4-15(12-25)5-3-14/h2-5,8-9,11,25H,6-7,12H2,1H3,(H,23,24). The van der Waals surface area contributed by atoms with Crippen LogP contribution in [0.2, 0.25) is 0 Å². The predicted octanol–water partition coefficient (Wildman–Crippen LogP) is 3.70. The quantitative estimate of drug-likeness (QED) is 0.746. The van der Waals surface area contributed by atoms with Gasteiger partial charge in [0.2, 0.25) is 0 Å². The first-order valence-electron chi connectivity index (χ1n) is 8.04. The van der Waals surface area contributed by atoms with Crippen molar-refractivity contribution >= 4 is 16.6 Å². The second kappa shape index (κ2) is 7.29. The molecular weight excluding hydrogens is 317 g/mol. The molecule has 1 aromatic heterocycles. The van der Waals surface area contributed by atoms with E-state index in [2.05, 4.69) is 16.4 Å². The highest BCUT2D eigenvalue weighted by Crippen LogP contribution is 2.28. The third kappa shape index (κ3) is 3.59. The zero-order valence-electron chi connectivity index (χ0n) is 13.9. The average molecular weight is 335 g/mol. The summed E-state index contributed by atoms with van der Waals surface area (Å²) in [5.41, 5.74) is 4.42. The molecule has 0 radical (unpaired) electrons. The maximum atomic E-state index is 13.8. The molecule has 0 bridgehead atoms. The van der Waals surface area contributed by atoms with Crippen LogP contribution in [0.25, 0.3) is 10.9 Å². The minimum atomic E-state index is -0.343. The molecule has 0 aliphatic carbocycles. The van der Waals surface area contributed by atoms with Crippen molar-refractivity contribution in [3.05, 3.63) is 70.7 Å². The summed E-state index contributed by atoms with van der Waals surface area (Å²) in [6.07, 6.45) is 2.26. The van der Waals surface area contributed by atoms with Crippen LogP contribution in [-0.4, -0.2) is 16.6 Å². The first kappa shape index (κ1) is 16.9.